The van der Waals surface area contributed by atoms with Crippen molar-refractivity contribution in [2.45, 2.75) is 52.4 Å². The highest BCUT2D eigenvalue weighted by Gasteiger charge is 2.19. The van der Waals surface area contributed by atoms with Gasteiger partial charge in [0.1, 0.15) is 62.6 Å². The molecule has 2 aliphatic heterocycles. The lowest BCUT2D eigenvalue weighted by Gasteiger charge is -2.20. The van der Waals surface area contributed by atoms with Crippen molar-refractivity contribution >= 4 is 0 Å². The Hall–Kier alpha value is -6.28. The summed E-state index contributed by atoms with van der Waals surface area (Å²) in [7, 11) is 0. The summed E-state index contributed by atoms with van der Waals surface area (Å²) in [6.07, 6.45) is 4.47. The molecule has 0 saturated heterocycles. The molecule has 60 heavy (non-hydrogen) atoms. The van der Waals surface area contributed by atoms with E-state index in [1.165, 1.54) is 0 Å². The Morgan fingerprint density at radius 3 is 0.967 bits per heavy atom. The third kappa shape index (κ3) is 10.5. The Kier molecular flexibility index (Phi) is 13.6. The SMILES string of the molecule is CCCOc1cc2cc(c1)Cc1cccc3c1OCCOc1ccccc1OCCOc1ccccc1OCCOc1c(cccc1Cc1cc(cc(OCCC)c1)C3)C2. The maximum absolute atomic E-state index is 6.77. The van der Waals surface area contributed by atoms with E-state index < -0.39 is 0 Å². The van der Waals surface area contributed by atoms with Crippen molar-refractivity contribution in [3.05, 3.63) is 166 Å². The van der Waals surface area contributed by atoms with Crippen LogP contribution in [0.3, 0.4) is 0 Å². The number of benzene rings is 6. The molecule has 1 aliphatic carbocycles. The fourth-order valence-electron chi connectivity index (χ4n) is 7.83. The summed E-state index contributed by atoms with van der Waals surface area (Å²) in [5.41, 5.74) is 8.96. The van der Waals surface area contributed by atoms with Gasteiger partial charge in [0.2, 0.25) is 0 Å². The van der Waals surface area contributed by atoms with E-state index in [0.717, 1.165) is 80.3 Å². The van der Waals surface area contributed by atoms with Crippen molar-refractivity contribution in [3.63, 3.8) is 0 Å². The number of hydrogen-bond acceptors (Lipinski definition) is 8. The van der Waals surface area contributed by atoms with Gasteiger partial charge in [-0.2, -0.15) is 0 Å². The van der Waals surface area contributed by atoms with Crippen LogP contribution in [0.15, 0.2) is 121 Å². The third-order valence-corrected chi connectivity index (χ3v) is 10.4. The molecule has 6 aromatic carbocycles. The fourth-order valence-corrected chi connectivity index (χ4v) is 7.83. The second-order valence-electron chi connectivity index (χ2n) is 15.2. The Morgan fingerprint density at radius 1 is 0.367 bits per heavy atom. The largest absolute Gasteiger partial charge is 0.494 e. The molecule has 6 aromatic rings. The maximum Gasteiger partial charge on any atom is 0.161 e. The van der Waals surface area contributed by atoms with E-state index in [4.69, 9.17) is 37.9 Å². The van der Waals surface area contributed by atoms with E-state index in [-0.39, 0.29) is 0 Å². The van der Waals surface area contributed by atoms with Gasteiger partial charge < -0.3 is 37.9 Å². The monoisotopic (exact) mass is 806 g/mol. The molecule has 8 heteroatoms. The molecule has 0 amide bonds. The highest BCUT2D eigenvalue weighted by molar-refractivity contribution is 5.52. The van der Waals surface area contributed by atoms with Gasteiger partial charge in [0.25, 0.3) is 0 Å². The van der Waals surface area contributed by atoms with Crippen molar-refractivity contribution in [1.82, 2.24) is 0 Å². The Morgan fingerprint density at radius 2 is 0.667 bits per heavy atom. The maximum atomic E-state index is 6.77. The molecule has 10 bridgehead atoms. The second kappa shape index (κ2) is 20.1. The Labute approximate surface area is 353 Å². The van der Waals surface area contributed by atoms with Crippen LogP contribution in [0.4, 0.5) is 0 Å². The van der Waals surface area contributed by atoms with E-state index in [1.54, 1.807) is 0 Å². The zero-order valence-electron chi connectivity index (χ0n) is 34.7. The van der Waals surface area contributed by atoms with Crippen LogP contribution in [0.25, 0.3) is 0 Å². The first-order valence-electron chi connectivity index (χ1n) is 21.3. The van der Waals surface area contributed by atoms with Crippen LogP contribution < -0.4 is 37.9 Å². The molecule has 0 N–H and O–H groups in total. The second-order valence-corrected chi connectivity index (χ2v) is 15.2. The van der Waals surface area contributed by atoms with Gasteiger partial charge in [0, 0.05) is 25.7 Å². The summed E-state index contributed by atoms with van der Waals surface area (Å²) in [6.45, 7) is 7.51. The predicted octanol–water partition coefficient (Wildman–Crippen LogP) is 10.6. The minimum Gasteiger partial charge on any atom is -0.494 e. The molecule has 0 saturated carbocycles. The van der Waals surface area contributed by atoms with Gasteiger partial charge in [0.05, 0.1) is 13.2 Å². The molecule has 0 aromatic heterocycles. The van der Waals surface area contributed by atoms with Crippen molar-refractivity contribution in [3.8, 4) is 46.0 Å². The van der Waals surface area contributed by atoms with Gasteiger partial charge in [-0.3, -0.25) is 0 Å². The molecule has 0 spiro atoms. The average molecular weight is 807 g/mol. The molecular formula is C52H54O8. The molecule has 0 fully saturated rings. The first kappa shape index (κ1) is 40.5. The summed E-state index contributed by atoms with van der Waals surface area (Å²) in [6, 6.07) is 41.6. The molecule has 0 atom stereocenters. The summed E-state index contributed by atoms with van der Waals surface area (Å²) in [5, 5.41) is 0. The third-order valence-electron chi connectivity index (χ3n) is 10.4. The van der Waals surface area contributed by atoms with Gasteiger partial charge in [-0.05, 0) is 106 Å². The van der Waals surface area contributed by atoms with Crippen LogP contribution in [-0.2, 0) is 25.7 Å². The van der Waals surface area contributed by atoms with Crippen LogP contribution in [-0.4, -0.2) is 52.9 Å². The lowest BCUT2D eigenvalue weighted by Crippen LogP contribution is -2.14. The zero-order chi connectivity index (χ0) is 40.9. The van der Waals surface area contributed by atoms with Crippen molar-refractivity contribution in [1.29, 1.82) is 0 Å². The van der Waals surface area contributed by atoms with Crippen molar-refractivity contribution in [2.75, 3.05) is 52.9 Å². The molecule has 9 rings (SSSR count). The van der Waals surface area contributed by atoms with E-state index in [1.807, 2.05) is 48.5 Å². The number of fused-ring (bicyclic) bond motifs is 9. The summed E-state index contributed by atoms with van der Waals surface area (Å²) < 4.78 is 51.1. The van der Waals surface area contributed by atoms with Gasteiger partial charge in [-0.15, -0.1) is 0 Å². The van der Waals surface area contributed by atoms with Crippen LogP contribution >= 0.6 is 0 Å². The van der Waals surface area contributed by atoms with Crippen LogP contribution in [0.2, 0.25) is 0 Å². The molecule has 3 aliphatic rings. The summed E-state index contributed by atoms with van der Waals surface area (Å²) >= 11 is 0. The van der Waals surface area contributed by atoms with E-state index in [9.17, 15) is 0 Å². The molecule has 8 nitrogen and oxygen atoms in total. The van der Waals surface area contributed by atoms with Crippen LogP contribution in [0, 0.1) is 0 Å². The first-order valence-corrected chi connectivity index (χ1v) is 21.3. The summed E-state index contributed by atoms with van der Waals surface area (Å²) in [5.74, 6) is 6.02. The predicted molar refractivity (Wildman–Crippen MR) is 234 cm³/mol. The number of ether oxygens (including phenoxy) is 8. The van der Waals surface area contributed by atoms with Crippen LogP contribution in [0.5, 0.6) is 46.0 Å². The lowest BCUT2D eigenvalue weighted by molar-refractivity contribution is 0.182. The average Bonchev–Trinajstić information content (AvgIpc) is 3.25. The van der Waals surface area contributed by atoms with Gasteiger partial charge >= 0.3 is 0 Å². The first-order chi connectivity index (χ1) is 29.6. The fraction of sp³-hybridized carbons (Fsp3) is 0.308. The quantitative estimate of drug-likeness (QED) is 0.165. The number of rotatable bonds is 6. The minimum atomic E-state index is 0.322. The Balaban J connectivity index is 1.24. The smallest absolute Gasteiger partial charge is 0.161 e. The summed E-state index contributed by atoms with van der Waals surface area (Å²) in [4.78, 5) is 0. The number of hydrogen-bond donors (Lipinski definition) is 0. The normalized spacial score (nSPS) is 14.2. The van der Waals surface area contributed by atoms with Gasteiger partial charge in [-0.1, -0.05) is 86.6 Å². The molecule has 0 unspecified atom stereocenters. The topological polar surface area (TPSA) is 73.8 Å². The molecule has 310 valence electrons. The Bertz CT molecular complexity index is 2100. The van der Waals surface area contributed by atoms with Crippen molar-refractivity contribution < 1.29 is 37.9 Å². The van der Waals surface area contributed by atoms with E-state index >= 15 is 0 Å². The molecule has 2 heterocycles. The van der Waals surface area contributed by atoms with Crippen LogP contribution in [0.1, 0.15) is 71.2 Å². The zero-order valence-corrected chi connectivity index (χ0v) is 34.7. The van der Waals surface area contributed by atoms with Gasteiger partial charge in [-0.25, -0.2) is 0 Å². The lowest BCUT2D eigenvalue weighted by atomic mass is 9.92. The van der Waals surface area contributed by atoms with Gasteiger partial charge in [0.15, 0.2) is 23.0 Å². The van der Waals surface area contributed by atoms with E-state index in [0.29, 0.717) is 102 Å². The number of para-hydroxylation sites is 6. The highest BCUT2D eigenvalue weighted by atomic mass is 16.6. The highest BCUT2D eigenvalue weighted by Crippen LogP contribution is 2.36. The standard InChI is InChI=1S/C52H54O8/c1-3-19-53-45-33-37-27-38(34-45)30-42-12-10-14-44-32-40-28-39(35-46(36-40)54-20-4-2)31-43-13-9-11-41(29-37)51(43)59-25-23-57-49-17-7-5-15-47(49)55-21-22-56-48-16-6-8-18-50(48)58-24-26-60-52(42)44/h5-18,27-28,33-36H,3-4,19-26,29-32H2,1-2H3. The molecular weight excluding hydrogens is 753 g/mol. The molecule has 0 radical (unpaired) electrons. The van der Waals surface area contributed by atoms with Crippen molar-refractivity contribution in [2.24, 2.45) is 0 Å². The minimum absolute atomic E-state index is 0.322. The van der Waals surface area contributed by atoms with E-state index in [2.05, 4.69) is 86.6 Å².